The summed E-state index contributed by atoms with van der Waals surface area (Å²) in [6.07, 6.45) is 0. The van der Waals surface area contributed by atoms with E-state index in [-0.39, 0.29) is 22.3 Å². The van der Waals surface area contributed by atoms with Crippen LogP contribution in [0.15, 0.2) is 35.2 Å². The van der Waals surface area contributed by atoms with Gasteiger partial charge in [0.2, 0.25) is 0 Å². The molecule has 0 bridgehead atoms. The Morgan fingerprint density at radius 3 is 2.65 bits per heavy atom. The van der Waals surface area contributed by atoms with Gasteiger partial charge in [0.1, 0.15) is 0 Å². The predicted molar refractivity (Wildman–Crippen MR) is 84.8 cm³/mol. The van der Waals surface area contributed by atoms with E-state index in [1.165, 1.54) is 3.97 Å². The second-order valence-electron chi connectivity index (χ2n) is 5.40. The average molecular weight is 350 g/mol. The van der Waals surface area contributed by atoms with Crippen LogP contribution in [0.5, 0.6) is 0 Å². The van der Waals surface area contributed by atoms with Crippen molar-refractivity contribution in [2.75, 3.05) is 0 Å². The topological polar surface area (TPSA) is 74.1 Å². The van der Waals surface area contributed by atoms with E-state index in [1.807, 2.05) is 6.92 Å². The normalized spacial score (nSPS) is 14.3. The van der Waals surface area contributed by atoms with Crippen molar-refractivity contribution in [3.63, 3.8) is 0 Å². The fourth-order valence-electron chi connectivity index (χ4n) is 2.77. The van der Waals surface area contributed by atoms with E-state index in [2.05, 4.69) is 10.2 Å². The van der Waals surface area contributed by atoms with Gasteiger partial charge < -0.3 is 4.74 Å². The van der Waals surface area contributed by atoms with Crippen molar-refractivity contribution in [3.8, 4) is 0 Å². The molecular weight excluding hydrogens is 338 g/mol. The molecule has 0 aliphatic carbocycles. The summed E-state index contributed by atoms with van der Waals surface area (Å²) in [7, 11) is -3.79. The second-order valence-corrected chi connectivity index (χ2v) is 7.58. The molecule has 0 N–H and O–H groups in total. The van der Waals surface area contributed by atoms with Crippen molar-refractivity contribution in [2.45, 2.75) is 25.0 Å². The monoisotopic (exact) mass is 349 g/mol. The molecule has 0 unspecified atom stereocenters. The van der Waals surface area contributed by atoms with Gasteiger partial charge in [0.25, 0.3) is 10.0 Å². The third-order valence-corrected chi connectivity index (χ3v) is 5.83. The molecule has 0 saturated carbocycles. The molecule has 6 nitrogen and oxygen atoms in total. The van der Waals surface area contributed by atoms with Crippen LogP contribution in [0.1, 0.15) is 16.8 Å². The van der Waals surface area contributed by atoms with E-state index in [4.69, 9.17) is 16.3 Å². The summed E-state index contributed by atoms with van der Waals surface area (Å²) in [6, 6.07) is 8.32. The molecule has 3 aromatic rings. The first-order valence-corrected chi connectivity index (χ1v) is 8.75. The van der Waals surface area contributed by atoms with Crippen LogP contribution in [0.2, 0.25) is 5.15 Å². The number of benzene rings is 1. The number of aryl methyl sites for hydroxylation is 1. The molecule has 4 rings (SSSR count). The maximum atomic E-state index is 13.1. The first kappa shape index (κ1) is 14.6. The second kappa shape index (κ2) is 5.02. The van der Waals surface area contributed by atoms with Gasteiger partial charge in [-0.15, -0.1) is 10.2 Å². The lowest BCUT2D eigenvalue weighted by molar-refractivity contribution is 0.132. The smallest absolute Gasteiger partial charge is 0.269 e. The van der Waals surface area contributed by atoms with Crippen molar-refractivity contribution in [2.24, 2.45) is 0 Å². The Morgan fingerprint density at radius 1 is 1.17 bits per heavy atom. The van der Waals surface area contributed by atoms with Gasteiger partial charge in [0, 0.05) is 10.9 Å². The zero-order valence-corrected chi connectivity index (χ0v) is 13.7. The van der Waals surface area contributed by atoms with Gasteiger partial charge >= 0.3 is 0 Å². The van der Waals surface area contributed by atoms with Crippen molar-refractivity contribution in [3.05, 3.63) is 52.3 Å². The molecule has 8 heteroatoms. The lowest BCUT2D eigenvalue weighted by Gasteiger charge is -2.10. The minimum atomic E-state index is -3.79. The fourth-order valence-corrected chi connectivity index (χ4v) is 4.42. The van der Waals surface area contributed by atoms with Gasteiger partial charge in [-0.3, -0.25) is 0 Å². The van der Waals surface area contributed by atoms with Crippen LogP contribution in [0.25, 0.3) is 11.0 Å². The largest absolute Gasteiger partial charge is 0.370 e. The molecule has 118 valence electrons. The molecule has 0 radical (unpaired) electrons. The van der Waals surface area contributed by atoms with E-state index in [0.717, 1.165) is 11.1 Å². The minimum absolute atomic E-state index is 0.200. The van der Waals surface area contributed by atoms with Gasteiger partial charge in [-0.1, -0.05) is 29.3 Å². The number of halogens is 1. The minimum Gasteiger partial charge on any atom is -0.370 e. The van der Waals surface area contributed by atoms with Gasteiger partial charge in [-0.25, -0.2) is 12.4 Å². The molecule has 3 heterocycles. The third kappa shape index (κ3) is 2.15. The van der Waals surface area contributed by atoms with Gasteiger partial charge in [0.15, 0.2) is 10.8 Å². The van der Waals surface area contributed by atoms with E-state index in [9.17, 15) is 8.42 Å². The third-order valence-electron chi connectivity index (χ3n) is 3.90. The van der Waals surface area contributed by atoms with Gasteiger partial charge in [-0.05, 0) is 25.1 Å². The first-order valence-electron chi connectivity index (χ1n) is 6.94. The number of hydrogen-bond acceptors (Lipinski definition) is 5. The maximum absolute atomic E-state index is 13.1. The summed E-state index contributed by atoms with van der Waals surface area (Å²) in [5.41, 5.74) is 2.65. The van der Waals surface area contributed by atoms with Crippen LogP contribution >= 0.6 is 11.6 Å². The zero-order chi connectivity index (χ0) is 16.2. The van der Waals surface area contributed by atoms with E-state index < -0.39 is 10.0 Å². The molecule has 0 spiro atoms. The van der Waals surface area contributed by atoms with Crippen LogP contribution in [0.3, 0.4) is 0 Å². The molecule has 1 aromatic carbocycles. The number of rotatable bonds is 2. The Bertz CT molecular complexity index is 1030. The Labute approximate surface area is 137 Å². The molecule has 1 aliphatic rings. The highest BCUT2D eigenvalue weighted by Crippen LogP contribution is 2.34. The molecule has 0 saturated heterocycles. The summed E-state index contributed by atoms with van der Waals surface area (Å²) in [4.78, 5) is 0.200. The standard InChI is InChI=1S/C15H12ClN3O3S/c1-9-2-4-10(5-3-9)23(20,21)19-13-8-22-7-12(13)11-6-14(16)17-18-15(11)19/h2-6H,7-8H2,1H3. The molecule has 0 amide bonds. The Kier molecular flexibility index (Phi) is 3.19. The van der Waals surface area contributed by atoms with Crippen molar-refractivity contribution < 1.29 is 13.2 Å². The van der Waals surface area contributed by atoms with E-state index >= 15 is 0 Å². The van der Waals surface area contributed by atoms with Crippen LogP contribution in [-0.4, -0.2) is 22.6 Å². The van der Waals surface area contributed by atoms with E-state index in [0.29, 0.717) is 17.7 Å². The molecule has 23 heavy (non-hydrogen) atoms. The van der Waals surface area contributed by atoms with Crippen molar-refractivity contribution in [1.29, 1.82) is 0 Å². The van der Waals surface area contributed by atoms with Crippen LogP contribution < -0.4 is 0 Å². The summed E-state index contributed by atoms with van der Waals surface area (Å²) >= 11 is 5.91. The molecule has 0 atom stereocenters. The first-order chi connectivity index (χ1) is 11.0. The van der Waals surface area contributed by atoms with Gasteiger partial charge in [0.05, 0.1) is 23.8 Å². The SMILES string of the molecule is Cc1ccc(S(=O)(=O)n2c3c(c4cc(Cl)nnc42)COC3)cc1. The lowest BCUT2D eigenvalue weighted by atomic mass is 10.2. The average Bonchev–Trinajstić information content (AvgIpc) is 3.08. The maximum Gasteiger partial charge on any atom is 0.269 e. The fraction of sp³-hybridized carbons (Fsp3) is 0.200. The number of fused-ring (bicyclic) bond motifs is 3. The summed E-state index contributed by atoms with van der Waals surface area (Å²) < 4.78 is 32.8. The predicted octanol–water partition coefficient (Wildman–Crippen LogP) is 2.66. The summed E-state index contributed by atoms with van der Waals surface area (Å²) in [5.74, 6) is 0. The number of aromatic nitrogens is 3. The Balaban J connectivity index is 2.04. The van der Waals surface area contributed by atoms with E-state index in [1.54, 1.807) is 30.3 Å². The number of hydrogen-bond donors (Lipinski definition) is 0. The summed E-state index contributed by atoms with van der Waals surface area (Å²) in [5, 5.41) is 8.67. The lowest BCUT2D eigenvalue weighted by Crippen LogP contribution is -2.16. The molecule has 1 aliphatic heterocycles. The highest BCUT2D eigenvalue weighted by molar-refractivity contribution is 7.90. The zero-order valence-electron chi connectivity index (χ0n) is 12.2. The number of nitrogens with zero attached hydrogens (tertiary/aromatic N) is 3. The van der Waals surface area contributed by atoms with Crippen LogP contribution in [0, 0.1) is 6.92 Å². The summed E-state index contributed by atoms with van der Waals surface area (Å²) in [6.45, 7) is 2.46. The number of ether oxygens (including phenoxy) is 1. The Hall–Kier alpha value is -1.96. The molecule has 2 aromatic heterocycles. The Morgan fingerprint density at radius 2 is 1.91 bits per heavy atom. The molecule has 0 fully saturated rings. The van der Waals surface area contributed by atoms with Crippen molar-refractivity contribution in [1.82, 2.24) is 14.2 Å². The van der Waals surface area contributed by atoms with Crippen LogP contribution in [0.4, 0.5) is 0 Å². The molecular formula is C15H12ClN3O3S. The quantitative estimate of drug-likeness (QED) is 0.711. The van der Waals surface area contributed by atoms with Gasteiger partial charge in [-0.2, -0.15) is 0 Å². The van der Waals surface area contributed by atoms with Crippen molar-refractivity contribution >= 4 is 32.7 Å². The highest BCUT2D eigenvalue weighted by atomic mass is 35.5. The highest BCUT2D eigenvalue weighted by Gasteiger charge is 2.31. The van der Waals surface area contributed by atoms with Crippen LogP contribution in [-0.2, 0) is 28.0 Å².